The van der Waals surface area contributed by atoms with Crippen LogP contribution in [-0.4, -0.2) is 0 Å². The molecule has 0 aliphatic rings. The van der Waals surface area contributed by atoms with E-state index in [1.165, 1.54) is 11.1 Å². The molecule has 0 radical (unpaired) electrons. The van der Waals surface area contributed by atoms with Crippen molar-refractivity contribution in [1.82, 2.24) is 0 Å². The van der Waals surface area contributed by atoms with Gasteiger partial charge in [0, 0.05) is 4.47 Å². The first-order valence-corrected chi connectivity index (χ1v) is 4.56. The molecule has 0 spiro atoms. The summed E-state index contributed by atoms with van der Waals surface area (Å²) in [5, 5.41) is 0. The molecule has 0 amide bonds. The topological polar surface area (TPSA) is 52.0 Å². The summed E-state index contributed by atoms with van der Waals surface area (Å²) in [6, 6.07) is 0. The van der Waals surface area contributed by atoms with Gasteiger partial charge in [0.1, 0.15) is 0 Å². The van der Waals surface area contributed by atoms with E-state index < -0.39 is 0 Å². The molecule has 12 heavy (non-hydrogen) atoms. The van der Waals surface area contributed by atoms with Crippen LogP contribution in [0.1, 0.15) is 16.7 Å². The van der Waals surface area contributed by atoms with E-state index in [0.29, 0.717) is 11.4 Å². The molecule has 2 nitrogen and oxygen atoms in total. The number of halogens is 1. The second kappa shape index (κ2) is 2.98. The summed E-state index contributed by atoms with van der Waals surface area (Å²) in [7, 11) is 0. The summed E-state index contributed by atoms with van der Waals surface area (Å²) in [6.45, 7) is 6.06. The quantitative estimate of drug-likeness (QED) is 0.671. The third-order valence-electron chi connectivity index (χ3n) is 2.38. The third-order valence-corrected chi connectivity index (χ3v) is 3.41. The lowest BCUT2D eigenvalue weighted by Gasteiger charge is -2.13. The van der Waals surface area contributed by atoms with Crippen LogP contribution < -0.4 is 11.5 Å². The molecule has 1 aromatic rings. The molecule has 0 aliphatic carbocycles. The number of nitrogen functional groups attached to an aromatic ring is 2. The molecule has 66 valence electrons. The van der Waals surface area contributed by atoms with Crippen molar-refractivity contribution in [1.29, 1.82) is 0 Å². The maximum Gasteiger partial charge on any atom is 0.0697 e. The van der Waals surface area contributed by atoms with Crippen LogP contribution in [0.3, 0.4) is 0 Å². The molecular formula is C9H13BrN2. The highest BCUT2D eigenvalue weighted by atomic mass is 79.9. The Bertz CT molecular complexity index is 227. The van der Waals surface area contributed by atoms with Gasteiger partial charge in [-0.3, -0.25) is 0 Å². The van der Waals surface area contributed by atoms with Crippen molar-refractivity contribution in [2.24, 2.45) is 0 Å². The van der Waals surface area contributed by atoms with E-state index in [1.807, 2.05) is 20.8 Å². The predicted molar refractivity (Wildman–Crippen MR) is 57.2 cm³/mol. The minimum absolute atomic E-state index is 0.649. The van der Waals surface area contributed by atoms with Gasteiger partial charge in [0.25, 0.3) is 0 Å². The average molecular weight is 229 g/mol. The zero-order valence-electron chi connectivity index (χ0n) is 7.53. The Kier molecular flexibility index (Phi) is 2.33. The van der Waals surface area contributed by atoms with Crippen LogP contribution in [0, 0.1) is 20.8 Å². The molecule has 0 atom stereocenters. The van der Waals surface area contributed by atoms with Gasteiger partial charge in [0.05, 0.1) is 11.4 Å². The fraction of sp³-hybridized carbons (Fsp3) is 0.333. The van der Waals surface area contributed by atoms with Gasteiger partial charge in [0.2, 0.25) is 0 Å². The molecule has 0 bridgehead atoms. The monoisotopic (exact) mass is 228 g/mol. The largest absolute Gasteiger partial charge is 0.397 e. The lowest BCUT2D eigenvalue weighted by molar-refractivity contribution is 1.26. The standard InChI is InChI=1S/C9H13BrN2/c1-4-5(2)7(10)9(12)8(11)6(4)3/h11-12H2,1-3H3. The van der Waals surface area contributed by atoms with Crippen LogP contribution in [0.2, 0.25) is 0 Å². The van der Waals surface area contributed by atoms with E-state index in [0.717, 1.165) is 10.0 Å². The van der Waals surface area contributed by atoms with Crippen LogP contribution in [0.5, 0.6) is 0 Å². The van der Waals surface area contributed by atoms with Crippen LogP contribution in [-0.2, 0) is 0 Å². The predicted octanol–water partition coefficient (Wildman–Crippen LogP) is 2.54. The Hall–Kier alpha value is -0.700. The van der Waals surface area contributed by atoms with Crippen molar-refractivity contribution < 1.29 is 0 Å². The second-order valence-corrected chi connectivity index (χ2v) is 3.81. The molecule has 1 rings (SSSR count). The zero-order chi connectivity index (χ0) is 9.46. The molecule has 0 saturated heterocycles. The second-order valence-electron chi connectivity index (χ2n) is 3.02. The number of benzene rings is 1. The van der Waals surface area contributed by atoms with Gasteiger partial charge in [-0.2, -0.15) is 0 Å². The number of hydrogen-bond donors (Lipinski definition) is 2. The number of nitrogens with two attached hydrogens (primary N) is 2. The first-order valence-electron chi connectivity index (χ1n) is 3.77. The van der Waals surface area contributed by atoms with Crippen molar-refractivity contribution in [2.75, 3.05) is 11.5 Å². The van der Waals surface area contributed by atoms with E-state index in [9.17, 15) is 0 Å². The highest BCUT2D eigenvalue weighted by Crippen LogP contribution is 2.34. The molecule has 0 aliphatic heterocycles. The lowest BCUT2D eigenvalue weighted by Crippen LogP contribution is -2.02. The Labute approximate surface area is 81.1 Å². The minimum atomic E-state index is 0.649. The first kappa shape index (κ1) is 9.39. The molecule has 0 heterocycles. The fourth-order valence-electron chi connectivity index (χ4n) is 1.17. The Morgan fingerprint density at radius 2 is 1.33 bits per heavy atom. The zero-order valence-corrected chi connectivity index (χ0v) is 9.12. The van der Waals surface area contributed by atoms with Crippen LogP contribution in [0.25, 0.3) is 0 Å². The summed E-state index contributed by atoms with van der Waals surface area (Å²) in [5.41, 5.74) is 16.4. The van der Waals surface area contributed by atoms with Gasteiger partial charge in [0.15, 0.2) is 0 Å². The normalized spacial score (nSPS) is 10.3. The van der Waals surface area contributed by atoms with Crippen LogP contribution >= 0.6 is 15.9 Å². The maximum atomic E-state index is 5.80. The lowest BCUT2D eigenvalue weighted by atomic mass is 10.0. The van der Waals surface area contributed by atoms with E-state index in [1.54, 1.807) is 0 Å². The first-order chi connectivity index (χ1) is 5.46. The summed E-state index contributed by atoms with van der Waals surface area (Å²) in [4.78, 5) is 0. The molecule has 0 fully saturated rings. The summed E-state index contributed by atoms with van der Waals surface area (Å²) >= 11 is 3.41. The SMILES string of the molecule is Cc1c(C)c(N)c(N)c(Br)c1C. The number of hydrogen-bond acceptors (Lipinski definition) is 2. The van der Waals surface area contributed by atoms with Gasteiger partial charge in [-0.05, 0) is 53.4 Å². The van der Waals surface area contributed by atoms with Crippen molar-refractivity contribution in [2.45, 2.75) is 20.8 Å². The van der Waals surface area contributed by atoms with Crippen molar-refractivity contribution in [3.8, 4) is 0 Å². The molecule has 0 saturated carbocycles. The fourth-order valence-corrected chi connectivity index (χ4v) is 1.68. The van der Waals surface area contributed by atoms with Crippen LogP contribution in [0.4, 0.5) is 11.4 Å². The van der Waals surface area contributed by atoms with Crippen molar-refractivity contribution >= 4 is 27.3 Å². The van der Waals surface area contributed by atoms with Gasteiger partial charge >= 0.3 is 0 Å². The maximum absolute atomic E-state index is 5.80. The van der Waals surface area contributed by atoms with Crippen molar-refractivity contribution in [3.05, 3.63) is 21.2 Å². The molecule has 1 aromatic carbocycles. The van der Waals surface area contributed by atoms with E-state index in [4.69, 9.17) is 11.5 Å². The van der Waals surface area contributed by atoms with Crippen molar-refractivity contribution in [3.63, 3.8) is 0 Å². The van der Waals surface area contributed by atoms with Crippen LogP contribution in [0.15, 0.2) is 4.47 Å². The van der Waals surface area contributed by atoms with Gasteiger partial charge in [-0.15, -0.1) is 0 Å². The Balaban J connectivity index is 3.60. The number of anilines is 2. The Morgan fingerprint density at radius 3 is 1.83 bits per heavy atom. The number of rotatable bonds is 0. The summed E-state index contributed by atoms with van der Waals surface area (Å²) in [6.07, 6.45) is 0. The Morgan fingerprint density at radius 1 is 0.833 bits per heavy atom. The third kappa shape index (κ3) is 1.18. The van der Waals surface area contributed by atoms with Gasteiger partial charge in [-0.25, -0.2) is 0 Å². The molecule has 3 heteroatoms. The van der Waals surface area contributed by atoms with E-state index in [-0.39, 0.29) is 0 Å². The highest BCUT2D eigenvalue weighted by molar-refractivity contribution is 9.10. The molecular weight excluding hydrogens is 216 g/mol. The summed E-state index contributed by atoms with van der Waals surface area (Å²) < 4.78 is 0.920. The molecule has 4 N–H and O–H groups in total. The average Bonchev–Trinajstić information content (AvgIpc) is 2.08. The van der Waals surface area contributed by atoms with Gasteiger partial charge in [-0.1, -0.05) is 0 Å². The van der Waals surface area contributed by atoms with Gasteiger partial charge < -0.3 is 11.5 Å². The van der Waals surface area contributed by atoms with E-state index >= 15 is 0 Å². The minimum Gasteiger partial charge on any atom is -0.397 e. The molecule has 0 aromatic heterocycles. The molecule has 0 unspecified atom stereocenters. The smallest absolute Gasteiger partial charge is 0.0697 e. The van der Waals surface area contributed by atoms with E-state index in [2.05, 4.69) is 15.9 Å². The summed E-state index contributed by atoms with van der Waals surface area (Å²) in [5.74, 6) is 0. The highest BCUT2D eigenvalue weighted by Gasteiger charge is 2.10.